The van der Waals surface area contributed by atoms with Gasteiger partial charge in [0.15, 0.2) is 0 Å². The zero-order valence-corrected chi connectivity index (χ0v) is 14.4. The molecule has 2 N–H and O–H groups in total. The molecule has 26 heavy (non-hydrogen) atoms. The number of para-hydroxylation sites is 2. The predicted octanol–water partition coefficient (Wildman–Crippen LogP) is 4.80. The van der Waals surface area contributed by atoms with Crippen molar-refractivity contribution in [2.45, 2.75) is 0 Å². The maximum atomic E-state index is 8.33. The highest BCUT2D eigenvalue weighted by Crippen LogP contribution is 2.32. The Labute approximate surface area is 153 Å². The second-order valence-corrected chi connectivity index (χ2v) is 5.89. The molecule has 0 radical (unpaired) electrons. The van der Waals surface area contributed by atoms with Gasteiger partial charge in [-0.1, -0.05) is 36.4 Å². The molecule has 0 fully saturated rings. The summed E-state index contributed by atoms with van der Waals surface area (Å²) in [5.74, 6) is 0.652. The van der Waals surface area contributed by atoms with Crippen molar-refractivity contribution in [2.75, 3.05) is 12.8 Å². The van der Waals surface area contributed by atoms with E-state index in [9.17, 15) is 0 Å². The lowest BCUT2D eigenvalue weighted by molar-refractivity contribution is 0.415. The third kappa shape index (κ3) is 2.93. The summed E-state index contributed by atoms with van der Waals surface area (Å²) in [6.45, 7) is 0. The first kappa shape index (κ1) is 14.8. The van der Waals surface area contributed by atoms with Gasteiger partial charge in [0, 0.05) is 16.8 Å². The molecule has 0 aliphatic carbocycles. The smallest absolute Gasteiger partial charge is 0.118 e. The number of rotatable bonds is 4. The first-order valence-electron chi connectivity index (χ1n) is 8.83. The van der Waals surface area contributed by atoms with E-state index in [1.54, 1.807) is 13.2 Å². The summed E-state index contributed by atoms with van der Waals surface area (Å²) in [6, 6.07) is 25.3. The van der Waals surface area contributed by atoms with Gasteiger partial charge in [0.2, 0.25) is 0 Å². The van der Waals surface area contributed by atoms with Crippen LogP contribution in [0.3, 0.4) is 0 Å². The fourth-order valence-electron chi connectivity index (χ4n) is 2.90. The van der Waals surface area contributed by atoms with Gasteiger partial charge in [-0.05, 0) is 48.5 Å². The number of ether oxygens (including phenoxy) is 1. The van der Waals surface area contributed by atoms with Crippen LogP contribution < -0.4 is 10.5 Å². The second-order valence-electron chi connectivity index (χ2n) is 5.89. The summed E-state index contributed by atoms with van der Waals surface area (Å²) in [5.41, 5.74) is 11.1. The number of aromatic nitrogens is 2. The maximum Gasteiger partial charge on any atom is 0.118 e. The number of nitrogen functional groups attached to an aromatic ring is 1. The van der Waals surface area contributed by atoms with Crippen LogP contribution in [0.2, 0.25) is 0 Å². The number of hydrogen-bond donors (Lipinski definition) is 1. The van der Waals surface area contributed by atoms with Crippen molar-refractivity contribution in [3.8, 4) is 34.0 Å². The van der Waals surface area contributed by atoms with Crippen LogP contribution in [-0.2, 0) is 0 Å². The lowest BCUT2D eigenvalue weighted by Gasteiger charge is -2.09. The van der Waals surface area contributed by atoms with Crippen LogP contribution >= 0.6 is 0 Å². The van der Waals surface area contributed by atoms with E-state index in [4.69, 9.17) is 16.9 Å². The molecule has 0 aliphatic heterocycles. The molecule has 4 heteroatoms. The Balaban J connectivity index is 1.92. The van der Waals surface area contributed by atoms with Crippen molar-refractivity contribution in [2.24, 2.45) is 0 Å². The first-order valence-corrected chi connectivity index (χ1v) is 8.33. The molecule has 128 valence electrons. The van der Waals surface area contributed by atoms with E-state index < -0.39 is 0 Å². The van der Waals surface area contributed by atoms with E-state index in [0.717, 1.165) is 22.5 Å². The van der Waals surface area contributed by atoms with Gasteiger partial charge in [0.25, 0.3) is 0 Å². The van der Waals surface area contributed by atoms with E-state index in [2.05, 4.69) is 0 Å². The Hall–Kier alpha value is -3.53. The Morgan fingerprint density at radius 1 is 0.962 bits per heavy atom. The topological polar surface area (TPSA) is 53.1 Å². The summed E-state index contributed by atoms with van der Waals surface area (Å²) in [5, 5.41) is 4.78. The van der Waals surface area contributed by atoms with Crippen molar-refractivity contribution < 1.29 is 6.11 Å². The predicted molar refractivity (Wildman–Crippen MR) is 105 cm³/mol. The molecule has 0 unspecified atom stereocenters. The number of nitrogens with zero attached hydrogens (tertiary/aromatic N) is 2. The summed E-state index contributed by atoms with van der Waals surface area (Å²) in [7, 11) is 1.59. The molecule has 3 aromatic carbocycles. The monoisotopic (exact) mass is 342 g/mol. The van der Waals surface area contributed by atoms with Crippen molar-refractivity contribution in [1.29, 1.82) is 0 Å². The molecular weight excluding hydrogens is 322 g/mol. The van der Waals surface area contributed by atoms with Crippen LogP contribution in [0.5, 0.6) is 5.75 Å². The van der Waals surface area contributed by atoms with E-state index in [1.807, 2.05) is 77.5 Å². The van der Waals surface area contributed by atoms with Crippen LogP contribution in [0.25, 0.3) is 28.2 Å². The van der Waals surface area contributed by atoms with Gasteiger partial charge < -0.3 is 10.5 Å². The van der Waals surface area contributed by atoms with Crippen LogP contribution in [0.4, 0.5) is 5.69 Å². The van der Waals surface area contributed by atoms with E-state index in [1.165, 1.54) is 0 Å². The molecule has 0 atom stereocenters. The molecule has 1 aromatic heterocycles. The van der Waals surface area contributed by atoms with Gasteiger partial charge in [-0.3, -0.25) is 0 Å². The lowest BCUT2D eigenvalue weighted by Crippen LogP contribution is -2.00. The zero-order chi connectivity index (χ0) is 18.8. The minimum absolute atomic E-state index is 0.361. The highest BCUT2D eigenvalue weighted by Gasteiger charge is 2.14. The molecule has 0 amide bonds. The summed E-state index contributed by atoms with van der Waals surface area (Å²) in [4.78, 5) is 0. The van der Waals surface area contributed by atoms with Gasteiger partial charge >= 0.3 is 0 Å². The normalized spacial score (nSPS) is 11.2. The van der Waals surface area contributed by atoms with E-state index >= 15 is 0 Å². The van der Waals surface area contributed by atoms with Gasteiger partial charge in [-0.25, -0.2) is 4.68 Å². The highest BCUT2D eigenvalue weighted by atomic mass is 16.5. The third-order valence-electron chi connectivity index (χ3n) is 4.24. The van der Waals surface area contributed by atoms with Crippen LogP contribution in [0, 0.1) is 0 Å². The summed E-state index contributed by atoms with van der Waals surface area (Å²) >= 11 is 0. The first-order chi connectivity index (χ1) is 13.2. The SMILES string of the molecule is [2H]c1cc(OC)ccc1-c1cc(-c2ccccc2N)n(-c2ccccc2)n1. The Morgan fingerprint density at radius 3 is 2.46 bits per heavy atom. The van der Waals surface area contributed by atoms with E-state index in [0.29, 0.717) is 23.2 Å². The molecule has 4 rings (SSSR count). The number of methoxy groups -OCH3 is 1. The van der Waals surface area contributed by atoms with Gasteiger partial charge in [-0.2, -0.15) is 5.10 Å². The van der Waals surface area contributed by atoms with Gasteiger partial charge in [0.05, 0.1) is 25.6 Å². The highest BCUT2D eigenvalue weighted by molar-refractivity contribution is 5.78. The number of anilines is 1. The molecule has 0 bridgehead atoms. The number of benzene rings is 3. The van der Waals surface area contributed by atoms with Crippen LogP contribution in [-0.4, -0.2) is 16.9 Å². The summed E-state index contributed by atoms with van der Waals surface area (Å²) in [6.07, 6.45) is 0. The molecule has 0 saturated heterocycles. The van der Waals surface area contributed by atoms with E-state index in [-0.39, 0.29) is 0 Å². The molecular formula is C22H19N3O. The molecule has 4 nitrogen and oxygen atoms in total. The van der Waals surface area contributed by atoms with Crippen molar-refractivity contribution in [3.63, 3.8) is 0 Å². The van der Waals surface area contributed by atoms with Crippen molar-refractivity contribution in [3.05, 3.63) is 84.9 Å². The second kappa shape index (κ2) is 6.76. The molecule has 1 heterocycles. The molecule has 0 saturated carbocycles. The quantitative estimate of drug-likeness (QED) is 0.542. The largest absolute Gasteiger partial charge is 0.497 e. The minimum atomic E-state index is 0.361. The molecule has 0 aliphatic rings. The fourth-order valence-corrected chi connectivity index (χ4v) is 2.90. The molecule has 0 spiro atoms. The number of hydrogen-bond acceptors (Lipinski definition) is 3. The average molecular weight is 342 g/mol. The summed E-state index contributed by atoms with van der Waals surface area (Å²) < 4.78 is 15.4. The Morgan fingerprint density at radius 2 is 1.73 bits per heavy atom. The van der Waals surface area contributed by atoms with Gasteiger partial charge in [0.1, 0.15) is 5.75 Å². The Bertz CT molecular complexity index is 1090. The minimum Gasteiger partial charge on any atom is -0.497 e. The number of nitrogens with two attached hydrogens (primary N) is 1. The van der Waals surface area contributed by atoms with Crippen molar-refractivity contribution in [1.82, 2.24) is 9.78 Å². The average Bonchev–Trinajstić information content (AvgIpc) is 3.13. The molecule has 4 aromatic rings. The fraction of sp³-hybridized carbons (Fsp3) is 0.0455. The zero-order valence-electron chi connectivity index (χ0n) is 15.4. The van der Waals surface area contributed by atoms with Crippen LogP contribution in [0.1, 0.15) is 1.37 Å². The third-order valence-corrected chi connectivity index (χ3v) is 4.24. The van der Waals surface area contributed by atoms with Crippen LogP contribution in [0.15, 0.2) is 84.9 Å². The standard InChI is InChI=1S/C22H19N3O/c1-26-18-13-11-16(12-14-18)21-15-22(19-9-5-6-10-20(19)23)25(24-21)17-7-3-2-4-8-17/h2-15H,23H2,1H3/i11D. The Kier molecular flexibility index (Phi) is 3.85. The van der Waals surface area contributed by atoms with Gasteiger partial charge in [-0.15, -0.1) is 0 Å². The maximum absolute atomic E-state index is 8.33. The van der Waals surface area contributed by atoms with Crippen molar-refractivity contribution >= 4 is 5.69 Å². The lowest BCUT2D eigenvalue weighted by atomic mass is 10.1.